The monoisotopic (exact) mass is 616 g/mol. The van der Waals surface area contributed by atoms with Crippen molar-refractivity contribution in [3.05, 3.63) is 76.4 Å². The van der Waals surface area contributed by atoms with E-state index in [-0.39, 0.29) is 11.8 Å². The number of anilines is 1. The molecule has 43 heavy (non-hydrogen) atoms. The Morgan fingerprint density at radius 1 is 1.14 bits per heavy atom. The number of rotatable bonds is 6. The molecular formula is C33H33ClN4O4S. The summed E-state index contributed by atoms with van der Waals surface area (Å²) in [6, 6.07) is 15.7. The highest BCUT2D eigenvalue weighted by atomic mass is 35.5. The molecule has 0 bridgehead atoms. The minimum Gasteiger partial charge on any atom is -0.467 e. The highest BCUT2D eigenvalue weighted by Crippen LogP contribution is 2.45. The average Bonchev–Trinajstić information content (AvgIpc) is 3.67. The minimum atomic E-state index is -0.967. The number of esters is 1. The summed E-state index contributed by atoms with van der Waals surface area (Å²) in [6.45, 7) is 8.20. The van der Waals surface area contributed by atoms with Crippen LogP contribution in [0.5, 0.6) is 0 Å². The Hall–Kier alpha value is -3.79. The van der Waals surface area contributed by atoms with Gasteiger partial charge in [-0.05, 0) is 74.7 Å². The molecule has 0 aliphatic carbocycles. The molecule has 5 aromatic rings. The summed E-state index contributed by atoms with van der Waals surface area (Å²) in [5, 5.41) is 6.64. The number of aryl methyl sites for hydroxylation is 2. The Labute approximate surface area is 259 Å². The summed E-state index contributed by atoms with van der Waals surface area (Å²) in [6.07, 6.45) is 1.29. The first-order valence-electron chi connectivity index (χ1n) is 14.1. The van der Waals surface area contributed by atoms with Crippen LogP contribution in [-0.2, 0) is 26.1 Å². The summed E-state index contributed by atoms with van der Waals surface area (Å²) < 4.78 is 14.2. The summed E-state index contributed by atoms with van der Waals surface area (Å²) in [5.41, 5.74) is 5.53. The molecule has 3 aromatic carbocycles. The molecule has 2 atom stereocenters. The van der Waals surface area contributed by atoms with Crippen LogP contribution in [0.4, 0.5) is 5.13 Å². The van der Waals surface area contributed by atoms with Crippen molar-refractivity contribution in [1.29, 1.82) is 0 Å². The van der Waals surface area contributed by atoms with Gasteiger partial charge in [0.25, 0.3) is 0 Å². The Morgan fingerprint density at radius 3 is 2.58 bits per heavy atom. The normalized spacial score (nSPS) is 16.4. The van der Waals surface area contributed by atoms with Crippen molar-refractivity contribution >= 4 is 61.1 Å². The van der Waals surface area contributed by atoms with E-state index in [1.54, 1.807) is 4.90 Å². The van der Waals surface area contributed by atoms with E-state index in [0.717, 1.165) is 43.4 Å². The predicted octanol–water partition coefficient (Wildman–Crippen LogP) is 7.36. The second kappa shape index (κ2) is 11.0. The van der Waals surface area contributed by atoms with Gasteiger partial charge < -0.3 is 9.47 Å². The maximum atomic E-state index is 13.4. The first kappa shape index (κ1) is 29.3. The number of thiazole rings is 1. The van der Waals surface area contributed by atoms with Crippen LogP contribution in [0.25, 0.3) is 32.2 Å². The lowest BCUT2D eigenvalue weighted by Crippen LogP contribution is -2.29. The third-order valence-corrected chi connectivity index (χ3v) is 9.16. The summed E-state index contributed by atoms with van der Waals surface area (Å²) in [7, 11) is 3.29. The lowest BCUT2D eigenvalue weighted by atomic mass is 9.91. The van der Waals surface area contributed by atoms with E-state index in [1.165, 1.54) is 18.4 Å². The lowest BCUT2D eigenvalue weighted by Gasteiger charge is -2.28. The number of nitrogens with zero attached hydrogens (tertiary/aromatic N) is 4. The van der Waals surface area contributed by atoms with Crippen LogP contribution in [0.2, 0.25) is 5.02 Å². The van der Waals surface area contributed by atoms with Crippen LogP contribution in [0, 0.1) is 6.92 Å². The SMILES string of the molecule is COC(=O)[C@@H](OC(C)(C)C)c1c(C)cc2nc(N3CC(c4ccc5c(cnn5C)c4)CC3=O)sc2c1-c1ccc(Cl)cc1. The van der Waals surface area contributed by atoms with Gasteiger partial charge in [0, 0.05) is 47.5 Å². The molecule has 1 unspecified atom stereocenters. The second-order valence-electron chi connectivity index (χ2n) is 12.0. The Bertz CT molecular complexity index is 1870. The number of fused-ring (bicyclic) bond motifs is 2. The minimum absolute atomic E-state index is 0.0313. The van der Waals surface area contributed by atoms with Crippen LogP contribution in [0.1, 0.15) is 55.9 Å². The molecule has 10 heteroatoms. The molecule has 0 spiro atoms. The number of amides is 1. The number of benzene rings is 3. The summed E-state index contributed by atoms with van der Waals surface area (Å²) in [5.74, 6) is -0.412. The lowest BCUT2D eigenvalue weighted by molar-refractivity contribution is -0.164. The van der Waals surface area contributed by atoms with Crippen LogP contribution < -0.4 is 4.90 Å². The number of aromatic nitrogens is 3. The van der Waals surface area contributed by atoms with Gasteiger partial charge in [0.1, 0.15) is 0 Å². The molecule has 0 saturated carbocycles. The fraction of sp³-hybridized carbons (Fsp3) is 0.333. The van der Waals surface area contributed by atoms with Crippen molar-refractivity contribution in [2.75, 3.05) is 18.6 Å². The first-order chi connectivity index (χ1) is 20.4. The molecule has 0 radical (unpaired) electrons. The van der Waals surface area contributed by atoms with Gasteiger partial charge >= 0.3 is 5.97 Å². The maximum absolute atomic E-state index is 13.4. The molecule has 8 nitrogen and oxygen atoms in total. The van der Waals surface area contributed by atoms with E-state index in [2.05, 4.69) is 23.3 Å². The van der Waals surface area contributed by atoms with Gasteiger partial charge in [0.05, 0.1) is 34.6 Å². The fourth-order valence-electron chi connectivity index (χ4n) is 5.79. The zero-order valence-electron chi connectivity index (χ0n) is 25.0. The van der Waals surface area contributed by atoms with Gasteiger partial charge in [-0.15, -0.1) is 0 Å². The highest BCUT2D eigenvalue weighted by Gasteiger charge is 2.36. The third-order valence-electron chi connectivity index (χ3n) is 7.80. The third kappa shape index (κ3) is 5.53. The number of hydrogen-bond acceptors (Lipinski definition) is 7. The van der Waals surface area contributed by atoms with Gasteiger partial charge in [-0.1, -0.05) is 41.1 Å². The van der Waals surface area contributed by atoms with Crippen LogP contribution in [0.15, 0.2) is 54.7 Å². The molecule has 1 fully saturated rings. The Kier molecular flexibility index (Phi) is 7.52. The van der Waals surface area contributed by atoms with Gasteiger partial charge in [-0.25, -0.2) is 9.78 Å². The Morgan fingerprint density at radius 2 is 1.88 bits per heavy atom. The molecule has 1 saturated heterocycles. The van der Waals surface area contributed by atoms with Crippen LogP contribution >= 0.6 is 22.9 Å². The van der Waals surface area contributed by atoms with E-state index in [1.807, 2.05) is 76.0 Å². The number of ether oxygens (including phenoxy) is 2. The van der Waals surface area contributed by atoms with Crippen molar-refractivity contribution in [2.45, 2.75) is 51.7 Å². The largest absolute Gasteiger partial charge is 0.467 e. The summed E-state index contributed by atoms with van der Waals surface area (Å²) in [4.78, 5) is 33.3. The maximum Gasteiger partial charge on any atom is 0.339 e. The zero-order chi connectivity index (χ0) is 30.6. The van der Waals surface area contributed by atoms with Gasteiger partial charge in [-0.2, -0.15) is 5.10 Å². The van der Waals surface area contributed by atoms with E-state index >= 15 is 0 Å². The van der Waals surface area contributed by atoms with E-state index in [4.69, 9.17) is 26.1 Å². The first-order valence-corrected chi connectivity index (χ1v) is 15.3. The number of halogens is 1. The quantitative estimate of drug-likeness (QED) is 0.185. The van der Waals surface area contributed by atoms with Crippen molar-refractivity contribution < 1.29 is 19.1 Å². The van der Waals surface area contributed by atoms with Crippen LogP contribution in [-0.4, -0.2) is 45.9 Å². The van der Waals surface area contributed by atoms with Crippen molar-refractivity contribution in [1.82, 2.24) is 14.8 Å². The number of methoxy groups -OCH3 is 1. The standard InChI is InChI=1S/C33H33ClN4O4S/c1-18-13-24-30(28(19-7-10-23(34)11-8-19)27(18)29(31(40)41-6)42-33(2,3)4)43-32(36-24)38-17-22(15-26(38)39)20-9-12-25-21(14-20)16-35-37(25)5/h7-14,16,22,29H,15,17H2,1-6H3/t22?,29-/m0/s1. The highest BCUT2D eigenvalue weighted by molar-refractivity contribution is 7.23. The molecule has 222 valence electrons. The molecule has 1 aliphatic heterocycles. The average molecular weight is 617 g/mol. The van der Waals surface area contributed by atoms with Crippen molar-refractivity contribution in [3.63, 3.8) is 0 Å². The molecule has 6 rings (SSSR count). The molecular weight excluding hydrogens is 584 g/mol. The fourth-order valence-corrected chi connectivity index (χ4v) is 7.07. The van der Waals surface area contributed by atoms with Gasteiger partial charge in [0.2, 0.25) is 5.91 Å². The number of carbonyl (C=O) groups excluding carboxylic acids is 2. The summed E-state index contributed by atoms with van der Waals surface area (Å²) >= 11 is 7.70. The van der Waals surface area contributed by atoms with Crippen LogP contribution in [0.3, 0.4) is 0 Å². The molecule has 3 heterocycles. The number of hydrogen-bond donors (Lipinski definition) is 0. The predicted molar refractivity (Wildman–Crippen MR) is 171 cm³/mol. The Balaban J connectivity index is 1.46. The topological polar surface area (TPSA) is 86.6 Å². The smallest absolute Gasteiger partial charge is 0.339 e. The van der Waals surface area contributed by atoms with Gasteiger partial charge in [0.15, 0.2) is 11.2 Å². The van der Waals surface area contributed by atoms with E-state index < -0.39 is 17.7 Å². The van der Waals surface area contributed by atoms with Crippen molar-refractivity contribution in [3.8, 4) is 11.1 Å². The van der Waals surface area contributed by atoms with E-state index in [0.29, 0.717) is 28.7 Å². The second-order valence-corrected chi connectivity index (χ2v) is 13.4. The zero-order valence-corrected chi connectivity index (χ0v) is 26.5. The molecule has 1 aliphatic rings. The van der Waals surface area contributed by atoms with E-state index in [9.17, 15) is 9.59 Å². The molecule has 1 amide bonds. The molecule has 0 N–H and O–H groups in total. The number of carbonyl (C=O) groups is 2. The van der Waals surface area contributed by atoms with Crippen molar-refractivity contribution in [2.24, 2.45) is 7.05 Å². The molecule has 2 aromatic heterocycles. The van der Waals surface area contributed by atoms with Gasteiger partial charge in [-0.3, -0.25) is 14.4 Å².